The summed E-state index contributed by atoms with van der Waals surface area (Å²) in [6.07, 6.45) is 6.39. The summed E-state index contributed by atoms with van der Waals surface area (Å²) in [5, 5.41) is 9.48. The molecule has 1 N–H and O–H groups in total. The molecule has 0 radical (unpaired) electrons. The third-order valence-corrected chi connectivity index (χ3v) is 5.04. The fraction of sp³-hybridized carbons (Fsp3) is 0.200. The molecule has 2 aromatic heterocycles. The molecule has 0 bridgehead atoms. The Kier molecular flexibility index (Phi) is 4.68. The van der Waals surface area contributed by atoms with Gasteiger partial charge in [-0.25, -0.2) is 9.37 Å². The minimum absolute atomic E-state index is 0.0651. The van der Waals surface area contributed by atoms with Crippen LogP contribution in [0, 0.1) is 11.7 Å². The summed E-state index contributed by atoms with van der Waals surface area (Å²) >= 11 is 5.91. The highest BCUT2D eigenvalue weighted by Crippen LogP contribution is 2.35. The number of phenols is 1. The summed E-state index contributed by atoms with van der Waals surface area (Å²) in [5.74, 6) is -0.627. The highest BCUT2D eigenvalue weighted by Gasteiger charge is 2.29. The molecule has 0 saturated carbocycles. The molecular formula is C20H17ClFN3O3. The molecule has 1 saturated heterocycles. The number of hydrogen-bond donors (Lipinski definition) is 1. The first-order valence-corrected chi connectivity index (χ1v) is 9.02. The number of halogens is 2. The molecule has 6 nitrogen and oxygen atoms in total. The lowest BCUT2D eigenvalue weighted by Crippen LogP contribution is -2.51. The van der Waals surface area contributed by atoms with Gasteiger partial charge in [0.15, 0.2) is 11.6 Å². The Balaban J connectivity index is 1.58. The van der Waals surface area contributed by atoms with Crippen molar-refractivity contribution in [3.05, 3.63) is 60.4 Å². The molecule has 0 spiro atoms. The monoisotopic (exact) mass is 401 g/mol. The summed E-state index contributed by atoms with van der Waals surface area (Å²) in [7, 11) is 0. The molecule has 1 aromatic carbocycles. The largest absolute Gasteiger partial charge is 0.504 e. The standard InChI is InChI=1S/C20H17ClFN3O3/c1-2-19(26)24-7-12(8-24)10-28-18-5-14(9-25-11-23-6-17(18)25)13-3-15(21)20(27)16(22)4-13/h2-6,9,11-12,27H,1,7-8,10H2. The first kappa shape index (κ1) is 18.3. The summed E-state index contributed by atoms with van der Waals surface area (Å²) in [6.45, 7) is 5.17. The van der Waals surface area contributed by atoms with Crippen LogP contribution in [0.25, 0.3) is 16.6 Å². The molecule has 1 aliphatic heterocycles. The van der Waals surface area contributed by atoms with Crippen LogP contribution in [0.1, 0.15) is 0 Å². The van der Waals surface area contributed by atoms with Crippen molar-refractivity contribution >= 4 is 23.0 Å². The number of aromatic hydroxyl groups is 1. The molecule has 28 heavy (non-hydrogen) atoms. The van der Waals surface area contributed by atoms with Gasteiger partial charge in [0.25, 0.3) is 0 Å². The molecule has 4 rings (SSSR count). The number of pyridine rings is 1. The number of carbonyl (C=O) groups is 1. The summed E-state index contributed by atoms with van der Waals surface area (Å²) in [5.41, 5.74) is 1.94. The number of fused-ring (bicyclic) bond motifs is 1. The fourth-order valence-corrected chi connectivity index (χ4v) is 3.41. The van der Waals surface area contributed by atoms with Gasteiger partial charge in [0.05, 0.1) is 24.2 Å². The van der Waals surface area contributed by atoms with E-state index in [0.717, 1.165) is 5.52 Å². The van der Waals surface area contributed by atoms with E-state index in [2.05, 4.69) is 11.6 Å². The molecule has 1 amide bonds. The van der Waals surface area contributed by atoms with Crippen LogP contribution in [0.15, 0.2) is 49.6 Å². The molecule has 0 aliphatic carbocycles. The second-order valence-corrected chi connectivity index (χ2v) is 7.10. The van der Waals surface area contributed by atoms with Gasteiger partial charge in [0.1, 0.15) is 11.3 Å². The number of benzene rings is 1. The number of imidazole rings is 1. The molecule has 0 unspecified atom stereocenters. The zero-order valence-corrected chi connectivity index (χ0v) is 15.6. The van der Waals surface area contributed by atoms with Crippen molar-refractivity contribution in [3.63, 3.8) is 0 Å². The van der Waals surface area contributed by atoms with E-state index in [1.807, 2.05) is 0 Å². The molecule has 8 heteroatoms. The molecule has 3 heterocycles. The Morgan fingerprint density at radius 3 is 2.89 bits per heavy atom. The Bertz CT molecular complexity index is 1050. The molecule has 1 aliphatic rings. The van der Waals surface area contributed by atoms with E-state index < -0.39 is 11.6 Å². The van der Waals surface area contributed by atoms with E-state index >= 15 is 0 Å². The van der Waals surface area contributed by atoms with Crippen LogP contribution in [-0.4, -0.2) is 45.0 Å². The maximum atomic E-state index is 13.9. The third kappa shape index (κ3) is 3.29. The number of nitrogens with zero attached hydrogens (tertiary/aromatic N) is 3. The second-order valence-electron chi connectivity index (χ2n) is 6.69. The van der Waals surface area contributed by atoms with Gasteiger partial charge in [-0.05, 0) is 29.8 Å². The van der Waals surface area contributed by atoms with E-state index in [0.29, 0.717) is 36.6 Å². The van der Waals surface area contributed by atoms with Crippen molar-refractivity contribution < 1.29 is 19.0 Å². The zero-order valence-electron chi connectivity index (χ0n) is 14.8. The molecular weight excluding hydrogens is 385 g/mol. The SMILES string of the molecule is C=CC(=O)N1CC(COc2cc(-c3cc(F)c(O)c(Cl)c3)cn3cncc23)C1. The number of likely N-dealkylation sites (tertiary alicyclic amines) is 1. The number of phenolic OH excluding ortho intramolecular Hbond substituents is 1. The van der Waals surface area contributed by atoms with Crippen LogP contribution in [0.5, 0.6) is 11.5 Å². The maximum absolute atomic E-state index is 13.9. The van der Waals surface area contributed by atoms with Crippen LogP contribution >= 0.6 is 11.6 Å². The van der Waals surface area contributed by atoms with Gasteiger partial charge in [0, 0.05) is 30.8 Å². The minimum atomic E-state index is -0.794. The normalized spacial score (nSPS) is 14.1. The highest BCUT2D eigenvalue weighted by molar-refractivity contribution is 6.32. The van der Waals surface area contributed by atoms with Crippen LogP contribution < -0.4 is 4.74 Å². The van der Waals surface area contributed by atoms with Gasteiger partial charge in [-0.3, -0.25) is 4.79 Å². The van der Waals surface area contributed by atoms with E-state index in [1.54, 1.807) is 34.1 Å². The quantitative estimate of drug-likeness (QED) is 0.664. The van der Waals surface area contributed by atoms with E-state index in [9.17, 15) is 14.3 Å². The topological polar surface area (TPSA) is 67.1 Å². The van der Waals surface area contributed by atoms with Crippen molar-refractivity contribution in [2.45, 2.75) is 0 Å². The minimum Gasteiger partial charge on any atom is -0.504 e. The fourth-order valence-electron chi connectivity index (χ4n) is 3.20. The van der Waals surface area contributed by atoms with Gasteiger partial charge in [0.2, 0.25) is 5.91 Å². The first-order chi connectivity index (χ1) is 13.5. The average Bonchev–Trinajstić information content (AvgIpc) is 3.12. The number of aromatic nitrogens is 2. The number of ether oxygens (including phenoxy) is 1. The highest BCUT2D eigenvalue weighted by atomic mass is 35.5. The molecule has 0 atom stereocenters. The lowest BCUT2D eigenvalue weighted by molar-refractivity contribution is -0.132. The Labute approximate surface area is 165 Å². The number of hydrogen-bond acceptors (Lipinski definition) is 4. The van der Waals surface area contributed by atoms with Crippen LogP contribution in [0.3, 0.4) is 0 Å². The predicted molar refractivity (Wildman–Crippen MR) is 103 cm³/mol. The van der Waals surface area contributed by atoms with Gasteiger partial charge in [-0.1, -0.05) is 18.2 Å². The van der Waals surface area contributed by atoms with Gasteiger partial charge < -0.3 is 19.1 Å². The van der Waals surface area contributed by atoms with Crippen LogP contribution in [0.2, 0.25) is 5.02 Å². The van der Waals surface area contributed by atoms with E-state index in [4.69, 9.17) is 16.3 Å². The van der Waals surface area contributed by atoms with Crippen molar-refractivity contribution in [1.29, 1.82) is 0 Å². The third-order valence-electron chi connectivity index (χ3n) is 4.75. The summed E-state index contributed by atoms with van der Waals surface area (Å²) < 4.78 is 21.7. The van der Waals surface area contributed by atoms with Crippen LogP contribution in [-0.2, 0) is 4.79 Å². The van der Waals surface area contributed by atoms with Crippen molar-refractivity contribution in [2.75, 3.05) is 19.7 Å². The number of amides is 1. The predicted octanol–water partition coefficient (Wildman–Crippen LogP) is 3.52. The summed E-state index contributed by atoms with van der Waals surface area (Å²) in [6, 6.07) is 4.49. The molecule has 3 aromatic rings. The Hall–Kier alpha value is -3.06. The molecule has 1 fully saturated rings. The van der Waals surface area contributed by atoms with Gasteiger partial charge in [-0.15, -0.1) is 0 Å². The average molecular weight is 402 g/mol. The second kappa shape index (κ2) is 7.16. The maximum Gasteiger partial charge on any atom is 0.245 e. The van der Waals surface area contributed by atoms with Gasteiger partial charge in [-0.2, -0.15) is 0 Å². The lowest BCUT2D eigenvalue weighted by atomic mass is 10.0. The van der Waals surface area contributed by atoms with Crippen LogP contribution in [0.4, 0.5) is 4.39 Å². The number of carbonyl (C=O) groups excluding carboxylic acids is 1. The Morgan fingerprint density at radius 2 is 2.18 bits per heavy atom. The number of rotatable bonds is 5. The van der Waals surface area contributed by atoms with E-state index in [1.165, 1.54) is 18.2 Å². The first-order valence-electron chi connectivity index (χ1n) is 8.64. The van der Waals surface area contributed by atoms with Gasteiger partial charge >= 0.3 is 0 Å². The summed E-state index contributed by atoms with van der Waals surface area (Å²) in [4.78, 5) is 17.4. The van der Waals surface area contributed by atoms with E-state index in [-0.39, 0.29) is 16.8 Å². The lowest BCUT2D eigenvalue weighted by Gasteiger charge is -2.38. The zero-order chi connectivity index (χ0) is 19.8. The molecule has 144 valence electrons. The smallest absolute Gasteiger partial charge is 0.245 e. The Morgan fingerprint density at radius 1 is 1.39 bits per heavy atom. The van der Waals surface area contributed by atoms with Crippen molar-refractivity contribution in [1.82, 2.24) is 14.3 Å². The van der Waals surface area contributed by atoms with Crippen molar-refractivity contribution in [2.24, 2.45) is 5.92 Å². The van der Waals surface area contributed by atoms with Crippen molar-refractivity contribution in [3.8, 4) is 22.6 Å².